The van der Waals surface area contributed by atoms with E-state index in [-0.39, 0.29) is 0 Å². The summed E-state index contributed by atoms with van der Waals surface area (Å²) in [6.07, 6.45) is 2.64. The maximum Gasteiger partial charge on any atom is 0.352 e. The summed E-state index contributed by atoms with van der Waals surface area (Å²) in [4.78, 5) is 12.2. The topological polar surface area (TPSA) is 42.2 Å². The Morgan fingerprint density at radius 2 is 2.29 bits per heavy atom. The summed E-state index contributed by atoms with van der Waals surface area (Å²) < 4.78 is 3.46. The van der Waals surface area contributed by atoms with Crippen LogP contribution in [0.1, 0.15) is 15.4 Å². The zero-order chi connectivity index (χ0) is 12.4. The Morgan fingerprint density at radius 3 is 2.88 bits per heavy atom. The van der Waals surface area contributed by atoms with Crippen molar-refractivity contribution >= 4 is 51.5 Å². The SMILES string of the molecule is O=C(O)c1cc(I)cn1CCc1ccc(Cl)s1. The minimum absolute atomic E-state index is 0.331. The lowest BCUT2D eigenvalue weighted by molar-refractivity contribution is 0.0685. The maximum atomic E-state index is 11.0. The highest BCUT2D eigenvalue weighted by Gasteiger charge is 2.11. The number of aryl methyl sites for hydroxylation is 2. The number of nitrogens with zero attached hydrogens (tertiary/aromatic N) is 1. The van der Waals surface area contributed by atoms with Gasteiger partial charge in [-0.15, -0.1) is 11.3 Å². The van der Waals surface area contributed by atoms with E-state index in [0.29, 0.717) is 12.2 Å². The van der Waals surface area contributed by atoms with E-state index in [1.165, 1.54) is 11.3 Å². The largest absolute Gasteiger partial charge is 0.477 e. The van der Waals surface area contributed by atoms with Gasteiger partial charge in [-0.2, -0.15) is 0 Å². The molecule has 2 rings (SSSR count). The molecule has 2 heterocycles. The molecule has 0 amide bonds. The third-order valence-electron chi connectivity index (χ3n) is 2.31. The molecular weight excluding hydrogens is 373 g/mol. The molecule has 0 spiro atoms. The van der Waals surface area contributed by atoms with Crippen molar-refractivity contribution in [1.82, 2.24) is 4.57 Å². The summed E-state index contributed by atoms with van der Waals surface area (Å²) in [6.45, 7) is 0.654. The van der Waals surface area contributed by atoms with E-state index in [4.69, 9.17) is 16.7 Å². The second-order valence-corrected chi connectivity index (χ2v) is 6.54. The number of carbonyl (C=O) groups is 1. The van der Waals surface area contributed by atoms with Gasteiger partial charge in [0.2, 0.25) is 0 Å². The average molecular weight is 382 g/mol. The van der Waals surface area contributed by atoms with Crippen LogP contribution >= 0.6 is 45.5 Å². The molecule has 90 valence electrons. The van der Waals surface area contributed by atoms with Gasteiger partial charge in [0.1, 0.15) is 5.69 Å². The van der Waals surface area contributed by atoms with Crippen molar-refractivity contribution < 1.29 is 9.90 Å². The van der Waals surface area contributed by atoms with Crippen LogP contribution in [0.3, 0.4) is 0 Å². The molecule has 0 radical (unpaired) electrons. The van der Waals surface area contributed by atoms with Crippen molar-refractivity contribution in [1.29, 1.82) is 0 Å². The standard InChI is InChI=1S/C11H9ClINO2S/c12-10-2-1-8(17-10)3-4-14-6-7(13)5-9(14)11(15)16/h1-2,5-6H,3-4H2,(H,15,16). The number of halogens is 2. The number of rotatable bonds is 4. The van der Waals surface area contributed by atoms with Crippen LogP contribution in [0.5, 0.6) is 0 Å². The monoisotopic (exact) mass is 381 g/mol. The number of aromatic carboxylic acids is 1. The van der Waals surface area contributed by atoms with Gasteiger partial charge < -0.3 is 9.67 Å². The van der Waals surface area contributed by atoms with Gasteiger partial charge in [0.25, 0.3) is 0 Å². The van der Waals surface area contributed by atoms with Crippen molar-refractivity contribution in [2.24, 2.45) is 0 Å². The van der Waals surface area contributed by atoms with Crippen LogP contribution < -0.4 is 0 Å². The minimum atomic E-state index is -0.892. The predicted octanol–water partition coefficient (Wildman–Crippen LogP) is 3.75. The zero-order valence-corrected chi connectivity index (χ0v) is 12.4. The Bertz CT molecular complexity index is 549. The summed E-state index contributed by atoms with van der Waals surface area (Å²) in [5.74, 6) is -0.892. The minimum Gasteiger partial charge on any atom is -0.477 e. The zero-order valence-electron chi connectivity index (χ0n) is 8.69. The molecule has 0 aromatic carbocycles. The first kappa shape index (κ1) is 12.9. The molecule has 0 atom stereocenters. The van der Waals surface area contributed by atoms with Gasteiger partial charge in [-0.25, -0.2) is 4.79 Å². The fourth-order valence-corrected chi connectivity index (χ4v) is 3.26. The first-order chi connectivity index (χ1) is 8.06. The molecule has 0 bridgehead atoms. The first-order valence-corrected chi connectivity index (χ1v) is 7.17. The summed E-state index contributed by atoms with van der Waals surface area (Å²) in [5, 5.41) is 9.04. The Labute approximate surface area is 121 Å². The van der Waals surface area contributed by atoms with Gasteiger partial charge in [0.15, 0.2) is 0 Å². The lowest BCUT2D eigenvalue weighted by atomic mass is 10.3. The number of carboxylic acid groups (broad SMARTS) is 1. The highest BCUT2D eigenvalue weighted by atomic mass is 127. The lowest BCUT2D eigenvalue weighted by Crippen LogP contribution is -2.08. The van der Waals surface area contributed by atoms with Gasteiger partial charge in [-0.3, -0.25) is 0 Å². The van der Waals surface area contributed by atoms with Crippen molar-refractivity contribution in [2.45, 2.75) is 13.0 Å². The van der Waals surface area contributed by atoms with Crippen LogP contribution in [-0.2, 0) is 13.0 Å². The lowest BCUT2D eigenvalue weighted by Gasteiger charge is -2.04. The molecule has 0 unspecified atom stereocenters. The molecule has 0 saturated heterocycles. The molecule has 0 saturated carbocycles. The van der Waals surface area contributed by atoms with E-state index in [1.54, 1.807) is 10.6 Å². The highest BCUT2D eigenvalue weighted by Crippen LogP contribution is 2.22. The first-order valence-electron chi connectivity index (χ1n) is 4.89. The average Bonchev–Trinajstić information content (AvgIpc) is 2.82. The third kappa shape index (κ3) is 3.23. The summed E-state index contributed by atoms with van der Waals surface area (Å²) in [5.41, 5.74) is 0.331. The summed E-state index contributed by atoms with van der Waals surface area (Å²) in [7, 11) is 0. The number of aromatic nitrogens is 1. The highest BCUT2D eigenvalue weighted by molar-refractivity contribution is 14.1. The van der Waals surface area contributed by atoms with Gasteiger partial charge in [0, 0.05) is 21.2 Å². The second kappa shape index (κ2) is 5.41. The van der Waals surface area contributed by atoms with Crippen LogP contribution in [0.4, 0.5) is 0 Å². The van der Waals surface area contributed by atoms with E-state index >= 15 is 0 Å². The molecule has 0 aliphatic rings. The van der Waals surface area contributed by atoms with Crippen LogP contribution in [0.25, 0.3) is 0 Å². The van der Waals surface area contributed by atoms with E-state index in [9.17, 15) is 4.79 Å². The van der Waals surface area contributed by atoms with Crippen molar-refractivity contribution in [3.63, 3.8) is 0 Å². The Morgan fingerprint density at radius 1 is 1.53 bits per heavy atom. The summed E-state index contributed by atoms with van der Waals surface area (Å²) in [6, 6.07) is 5.51. The molecule has 3 nitrogen and oxygen atoms in total. The fourth-order valence-electron chi connectivity index (χ4n) is 1.56. The second-order valence-electron chi connectivity index (χ2n) is 3.50. The van der Waals surface area contributed by atoms with Crippen molar-refractivity contribution in [2.75, 3.05) is 0 Å². The Hall–Kier alpha value is -0.530. The van der Waals surface area contributed by atoms with Gasteiger partial charge in [-0.1, -0.05) is 11.6 Å². The van der Waals surface area contributed by atoms with E-state index < -0.39 is 5.97 Å². The smallest absolute Gasteiger partial charge is 0.352 e. The molecule has 0 aliphatic carbocycles. The van der Waals surface area contributed by atoms with Crippen LogP contribution in [0.15, 0.2) is 24.4 Å². The third-order valence-corrected chi connectivity index (χ3v) is 4.19. The predicted molar refractivity (Wildman–Crippen MR) is 77.1 cm³/mol. The Kier molecular flexibility index (Phi) is 4.11. The maximum absolute atomic E-state index is 11.0. The van der Waals surface area contributed by atoms with Crippen molar-refractivity contribution in [3.05, 3.63) is 42.9 Å². The molecule has 0 aliphatic heterocycles. The van der Waals surface area contributed by atoms with E-state index in [0.717, 1.165) is 19.2 Å². The molecule has 2 aromatic heterocycles. The quantitative estimate of drug-likeness (QED) is 0.820. The molecule has 2 aromatic rings. The number of carboxylic acids is 1. The molecule has 0 fully saturated rings. The van der Waals surface area contributed by atoms with Crippen LogP contribution in [0, 0.1) is 3.57 Å². The molecular formula is C11H9ClINO2S. The number of hydrogen-bond donors (Lipinski definition) is 1. The van der Waals surface area contributed by atoms with Crippen molar-refractivity contribution in [3.8, 4) is 0 Å². The summed E-state index contributed by atoms with van der Waals surface area (Å²) >= 11 is 9.49. The van der Waals surface area contributed by atoms with E-state index in [2.05, 4.69) is 22.6 Å². The van der Waals surface area contributed by atoms with Gasteiger partial charge in [-0.05, 0) is 47.2 Å². The molecule has 1 N–H and O–H groups in total. The van der Waals surface area contributed by atoms with Crippen LogP contribution in [-0.4, -0.2) is 15.6 Å². The fraction of sp³-hybridized carbons (Fsp3) is 0.182. The van der Waals surface area contributed by atoms with E-state index in [1.807, 2.05) is 18.3 Å². The number of thiophene rings is 1. The van der Waals surface area contributed by atoms with Gasteiger partial charge in [0.05, 0.1) is 4.34 Å². The number of hydrogen-bond acceptors (Lipinski definition) is 2. The Balaban J connectivity index is 2.11. The van der Waals surface area contributed by atoms with Gasteiger partial charge >= 0.3 is 5.97 Å². The normalized spacial score (nSPS) is 10.7. The molecule has 6 heteroatoms. The molecule has 17 heavy (non-hydrogen) atoms. The van der Waals surface area contributed by atoms with Crippen LogP contribution in [0.2, 0.25) is 4.34 Å².